The van der Waals surface area contributed by atoms with Gasteiger partial charge in [0, 0.05) is 16.6 Å². The molecule has 1 aliphatic rings. The molecule has 1 amide bonds. The van der Waals surface area contributed by atoms with Gasteiger partial charge < -0.3 is 10.4 Å². The minimum Gasteiger partial charge on any atom is -0.388 e. The highest BCUT2D eigenvalue weighted by molar-refractivity contribution is 9.10. The van der Waals surface area contributed by atoms with Crippen molar-refractivity contribution < 1.29 is 9.90 Å². The number of carbonyl (C=O) groups is 1. The summed E-state index contributed by atoms with van der Waals surface area (Å²) in [6, 6.07) is 5.08. The SMILES string of the molecule is O=C(NCC1(O)CCCCCC1)c1ccc(Br)c(Cl)c1. The van der Waals surface area contributed by atoms with Gasteiger partial charge in [-0.15, -0.1) is 0 Å². The lowest BCUT2D eigenvalue weighted by atomic mass is 9.94. The Morgan fingerprint density at radius 3 is 2.55 bits per heavy atom. The largest absolute Gasteiger partial charge is 0.388 e. The zero-order valence-corrected chi connectivity index (χ0v) is 13.6. The van der Waals surface area contributed by atoms with Gasteiger partial charge in [-0.2, -0.15) is 0 Å². The number of amides is 1. The Bertz CT molecular complexity index is 485. The molecule has 1 aromatic rings. The second-order valence-electron chi connectivity index (χ2n) is 5.45. The molecule has 0 atom stereocenters. The first-order valence-corrected chi connectivity index (χ1v) is 8.13. The van der Waals surface area contributed by atoms with E-state index in [1.54, 1.807) is 18.2 Å². The number of hydrogen-bond acceptors (Lipinski definition) is 2. The van der Waals surface area contributed by atoms with E-state index in [1.165, 1.54) is 12.8 Å². The first-order chi connectivity index (χ1) is 9.50. The molecule has 3 nitrogen and oxygen atoms in total. The molecule has 0 bridgehead atoms. The van der Waals surface area contributed by atoms with Crippen LogP contribution in [0.5, 0.6) is 0 Å². The van der Waals surface area contributed by atoms with Crippen LogP contribution in [-0.4, -0.2) is 23.2 Å². The van der Waals surface area contributed by atoms with Gasteiger partial charge in [0.15, 0.2) is 0 Å². The molecule has 110 valence electrons. The number of carbonyl (C=O) groups excluding carboxylic acids is 1. The lowest BCUT2D eigenvalue weighted by Crippen LogP contribution is -2.42. The molecule has 0 unspecified atom stereocenters. The van der Waals surface area contributed by atoms with Crippen LogP contribution in [0, 0.1) is 0 Å². The van der Waals surface area contributed by atoms with Crippen LogP contribution in [0.1, 0.15) is 48.9 Å². The first kappa shape index (κ1) is 15.8. The first-order valence-electron chi connectivity index (χ1n) is 6.96. The zero-order valence-electron chi connectivity index (χ0n) is 11.3. The summed E-state index contributed by atoms with van der Waals surface area (Å²) in [7, 11) is 0. The van der Waals surface area contributed by atoms with Crippen LogP contribution in [0.25, 0.3) is 0 Å². The third-order valence-electron chi connectivity index (χ3n) is 3.79. The van der Waals surface area contributed by atoms with Gasteiger partial charge in [-0.05, 0) is 47.0 Å². The molecule has 0 aliphatic heterocycles. The van der Waals surface area contributed by atoms with E-state index in [0.29, 0.717) is 17.1 Å². The average Bonchev–Trinajstić information content (AvgIpc) is 2.65. The van der Waals surface area contributed by atoms with Crippen molar-refractivity contribution in [3.63, 3.8) is 0 Å². The molecule has 2 N–H and O–H groups in total. The van der Waals surface area contributed by atoms with Crippen LogP contribution in [0.2, 0.25) is 5.02 Å². The minimum atomic E-state index is -0.759. The highest BCUT2D eigenvalue weighted by atomic mass is 79.9. The molecule has 0 radical (unpaired) electrons. The summed E-state index contributed by atoms with van der Waals surface area (Å²) in [5.41, 5.74) is -0.249. The summed E-state index contributed by atoms with van der Waals surface area (Å²) in [4.78, 5) is 12.1. The van der Waals surface area contributed by atoms with Crippen LogP contribution in [-0.2, 0) is 0 Å². The monoisotopic (exact) mass is 359 g/mol. The van der Waals surface area contributed by atoms with Gasteiger partial charge in [0.2, 0.25) is 0 Å². The number of benzene rings is 1. The zero-order chi connectivity index (χ0) is 14.6. The van der Waals surface area contributed by atoms with Crippen molar-refractivity contribution in [2.75, 3.05) is 6.54 Å². The molecule has 1 aromatic carbocycles. The summed E-state index contributed by atoms with van der Waals surface area (Å²) < 4.78 is 0.762. The van der Waals surface area contributed by atoms with E-state index < -0.39 is 5.60 Å². The van der Waals surface area contributed by atoms with E-state index in [0.717, 1.165) is 30.2 Å². The predicted molar refractivity (Wildman–Crippen MR) is 84.1 cm³/mol. The number of rotatable bonds is 3. The second kappa shape index (κ2) is 6.92. The fourth-order valence-corrected chi connectivity index (χ4v) is 2.97. The van der Waals surface area contributed by atoms with E-state index in [9.17, 15) is 9.90 Å². The quantitative estimate of drug-likeness (QED) is 0.803. The normalized spacial score (nSPS) is 18.4. The van der Waals surface area contributed by atoms with Crippen molar-refractivity contribution in [3.05, 3.63) is 33.3 Å². The Morgan fingerprint density at radius 1 is 1.30 bits per heavy atom. The molecule has 2 rings (SSSR count). The molecule has 0 aromatic heterocycles. The third-order valence-corrected chi connectivity index (χ3v) is 5.03. The van der Waals surface area contributed by atoms with Crippen molar-refractivity contribution in [2.45, 2.75) is 44.1 Å². The van der Waals surface area contributed by atoms with Gasteiger partial charge in [0.25, 0.3) is 5.91 Å². The predicted octanol–water partition coefficient (Wildman–Crippen LogP) is 3.92. The van der Waals surface area contributed by atoms with Gasteiger partial charge in [-0.3, -0.25) is 4.79 Å². The highest BCUT2D eigenvalue weighted by Crippen LogP contribution is 2.27. The van der Waals surface area contributed by atoms with Crippen LogP contribution < -0.4 is 5.32 Å². The summed E-state index contributed by atoms with van der Waals surface area (Å²) in [5.74, 6) is -0.197. The maximum absolute atomic E-state index is 12.1. The molecule has 1 aliphatic carbocycles. The smallest absolute Gasteiger partial charge is 0.251 e. The van der Waals surface area contributed by atoms with E-state index in [1.807, 2.05) is 0 Å². The molecule has 0 saturated heterocycles. The Labute approximate surface area is 132 Å². The van der Waals surface area contributed by atoms with E-state index in [2.05, 4.69) is 21.2 Å². The molecular weight excluding hydrogens is 342 g/mol. The molecule has 1 fully saturated rings. The van der Waals surface area contributed by atoms with Crippen LogP contribution >= 0.6 is 27.5 Å². The van der Waals surface area contributed by atoms with Crippen LogP contribution in [0.4, 0.5) is 0 Å². The lowest BCUT2D eigenvalue weighted by Gasteiger charge is -2.26. The minimum absolute atomic E-state index is 0.197. The van der Waals surface area contributed by atoms with E-state index >= 15 is 0 Å². The Kier molecular flexibility index (Phi) is 5.47. The average molecular weight is 361 g/mol. The van der Waals surface area contributed by atoms with Crippen molar-refractivity contribution in [2.24, 2.45) is 0 Å². The van der Waals surface area contributed by atoms with Crippen molar-refractivity contribution in [1.29, 1.82) is 0 Å². The van der Waals surface area contributed by atoms with E-state index in [-0.39, 0.29) is 5.91 Å². The van der Waals surface area contributed by atoms with Gasteiger partial charge in [0.1, 0.15) is 0 Å². The molecule has 1 saturated carbocycles. The topological polar surface area (TPSA) is 49.3 Å². The van der Waals surface area contributed by atoms with Crippen molar-refractivity contribution >= 4 is 33.4 Å². The lowest BCUT2D eigenvalue weighted by molar-refractivity contribution is 0.0246. The summed E-state index contributed by atoms with van der Waals surface area (Å²) in [6.45, 7) is 0.305. The van der Waals surface area contributed by atoms with Crippen LogP contribution in [0.3, 0.4) is 0 Å². The van der Waals surface area contributed by atoms with E-state index in [4.69, 9.17) is 11.6 Å². The molecule has 0 spiro atoms. The Hall–Kier alpha value is -0.580. The number of hydrogen-bond donors (Lipinski definition) is 2. The van der Waals surface area contributed by atoms with Gasteiger partial charge in [-0.25, -0.2) is 0 Å². The van der Waals surface area contributed by atoms with Gasteiger partial charge >= 0.3 is 0 Å². The van der Waals surface area contributed by atoms with Crippen LogP contribution in [0.15, 0.2) is 22.7 Å². The second-order valence-corrected chi connectivity index (χ2v) is 6.71. The number of halogens is 2. The maximum atomic E-state index is 12.1. The summed E-state index contributed by atoms with van der Waals surface area (Å²) in [6.07, 6.45) is 5.90. The summed E-state index contributed by atoms with van der Waals surface area (Å²) >= 11 is 9.27. The van der Waals surface area contributed by atoms with Crippen molar-refractivity contribution in [3.8, 4) is 0 Å². The maximum Gasteiger partial charge on any atom is 0.251 e. The van der Waals surface area contributed by atoms with Gasteiger partial charge in [-0.1, -0.05) is 37.3 Å². The molecule has 5 heteroatoms. The molecule has 20 heavy (non-hydrogen) atoms. The third kappa shape index (κ3) is 4.21. The fraction of sp³-hybridized carbons (Fsp3) is 0.533. The highest BCUT2D eigenvalue weighted by Gasteiger charge is 2.28. The number of aliphatic hydroxyl groups is 1. The molecule has 0 heterocycles. The standard InChI is InChI=1S/C15H19BrClNO2/c16-12-6-5-11(9-13(12)17)14(19)18-10-15(20)7-3-1-2-4-8-15/h5-6,9,20H,1-4,7-8,10H2,(H,18,19). The Balaban J connectivity index is 1.95. The fourth-order valence-electron chi connectivity index (χ4n) is 2.55. The summed E-state index contributed by atoms with van der Waals surface area (Å²) in [5, 5.41) is 13.8. The van der Waals surface area contributed by atoms with Gasteiger partial charge in [0.05, 0.1) is 10.6 Å². The number of nitrogens with one attached hydrogen (secondary N) is 1. The molecular formula is C15H19BrClNO2. The Morgan fingerprint density at radius 2 is 1.95 bits per heavy atom. The van der Waals surface area contributed by atoms with Crippen molar-refractivity contribution in [1.82, 2.24) is 5.32 Å².